The van der Waals surface area contributed by atoms with Gasteiger partial charge in [-0.3, -0.25) is 0 Å². The average molecular weight is 270 g/mol. The van der Waals surface area contributed by atoms with Crippen molar-refractivity contribution in [1.82, 2.24) is 4.31 Å². The summed E-state index contributed by atoms with van der Waals surface area (Å²) < 4.78 is 24.8. The molecule has 1 saturated heterocycles. The first-order valence-corrected chi connectivity index (χ1v) is 7.37. The third-order valence-electron chi connectivity index (χ3n) is 2.32. The molecule has 0 N–H and O–H groups in total. The SMILES string of the molecule is CCCS(=O)(=O)N1CCC(CBr)C1. The molecule has 13 heavy (non-hydrogen) atoms. The van der Waals surface area contributed by atoms with E-state index in [1.165, 1.54) is 0 Å². The smallest absolute Gasteiger partial charge is 0.212 e. The Morgan fingerprint density at radius 3 is 2.69 bits per heavy atom. The van der Waals surface area contributed by atoms with Gasteiger partial charge in [0.15, 0.2) is 0 Å². The van der Waals surface area contributed by atoms with Gasteiger partial charge in [0.05, 0.1) is 5.75 Å². The maximum absolute atomic E-state index is 11.6. The van der Waals surface area contributed by atoms with Crippen molar-refractivity contribution in [3.05, 3.63) is 0 Å². The Labute approximate surface area is 88.7 Å². The fourth-order valence-electron chi connectivity index (χ4n) is 1.56. The van der Waals surface area contributed by atoms with Crippen LogP contribution in [0.4, 0.5) is 0 Å². The van der Waals surface area contributed by atoms with Crippen molar-refractivity contribution in [3.63, 3.8) is 0 Å². The van der Waals surface area contributed by atoms with Crippen LogP contribution in [0.15, 0.2) is 0 Å². The van der Waals surface area contributed by atoms with Crippen molar-refractivity contribution < 1.29 is 8.42 Å². The minimum Gasteiger partial charge on any atom is -0.212 e. The molecule has 0 aromatic carbocycles. The third-order valence-corrected chi connectivity index (χ3v) is 5.28. The molecule has 0 aromatic heterocycles. The van der Waals surface area contributed by atoms with Gasteiger partial charge >= 0.3 is 0 Å². The van der Waals surface area contributed by atoms with E-state index in [0.717, 1.165) is 11.8 Å². The number of hydrogen-bond donors (Lipinski definition) is 0. The summed E-state index contributed by atoms with van der Waals surface area (Å²) in [4.78, 5) is 0. The summed E-state index contributed by atoms with van der Waals surface area (Å²) in [5.74, 6) is 0.800. The molecule has 0 bridgehead atoms. The quantitative estimate of drug-likeness (QED) is 0.725. The van der Waals surface area contributed by atoms with Crippen molar-refractivity contribution in [2.75, 3.05) is 24.2 Å². The predicted molar refractivity (Wildman–Crippen MR) is 57.6 cm³/mol. The van der Waals surface area contributed by atoms with E-state index in [1.807, 2.05) is 6.92 Å². The van der Waals surface area contributed by atoms with Crippen LogP contribution in [-0.4, -0.2) is 36.9 Å². The lowest BCUT2D eigenvalue weighted by Crippen LogP contribution is -2.30. The third kappa shape index (κ3) is 2.92. The maximum atomic E-state index is 11.6. The predicted octanol–water partition coefficient (Wildman–Crippen LogP) is 1.44. The molecular weight excluding hydrogens is 254 g/mol. The first-order valence-electron chi connectivity index (χ1n) is 4.64. The first kappa shape index (κ1) is 11.5. The van der Waals surface area contributed by atoms with E-state index >= 15 is 0 Å². The number of sulfonamides is 1. The summed E-state index contributed by atoms with van der Waals surface area (Å²) in [6.07, 6.45) is 1.70. The number of rotatable bonds is 4. The molecule has 3 nitrogen and oxygen atoms in total. The van der Waals surface area contributed by atoms with Crippen LogP contribution in [0.1, 0.15) is 19.8 Å². The molecule has 0 radical (unpaired) electrons. The largest absolute Gasteiger partial charge is 0.214 e. The summed E-state index contributed by atoms with van der Waals surface area (Å²) >= 11 is 3.39. The van der Waals surface area contributed by atoms with Gasteiger partial charge < -0.3 is 0 Å². The topological polar surface area (TPSA) is 37.4 Å². The molecule has 78 valence electrons. The standard InChI is InChI=1S/C8H16BrNO2S/c1-2-5-13(11,12)10-4-3-8(6-9)7-10/h8H,2-7H2,1H3. The lowest BCUT2D eigenvalue weighted by atomic mass is 10.2. The number of halogens is 1. The lowest BCUT2D eigenvalue weighted by Gasteiger charge is -2.15. The van der Waals surface area contributed by atoms with Gasteiger partial charge in [-0.15, -0.1) is 0 Å². The van der Waals surface area contributed by atoms with E-state index in [4.69, 9.17) is 0 Å². The number of nitrogens with zero attached hydrogens (tertiary/aromatic N) is 1. The summed E-state index contributed by atoms with van der Waals surface area (Å²) in [6, 6.07) is 0. The van der Waals surface area contributed by atoms with Crippen LogP contribution in [0.3, 0.4) is 0 Å². The normalized spacial score (nSPS) is 25.2. The Morgan fingerprint density at radius 1 is 1.54 bits per heavy atom. The number of hydrogen-bond acceptors (Lipinski definition) is 2. The summed E-state index contributed by atoms with van der Waals surface area (Å²) in [7, 11) is -2.94. The highest BCUT2D eigenvalue weighted by Crippen LogP contribution is 2.21. The zero-order valence-corrected chi connectivity index (χ0v) is 10.3. The molecular formula is C8H16BrNO2S. The first-order chi connectivity index (χ1) is 6.10. The van der Waals surface area contributed by atoms with Crippen LogP contribution in [0, 0.1) is 5.92 Å². The Hall–Kier alpha value is 0.390. The van der Waals surface area contributed by atoms with E-state index in [0.29, 0.717) is 31.2 Å². The molecule has 5 heteroatoms. The highest BCUT2D eigenvalue weighted by atomic mass is 79.9. The van der Waals surface area contributed by atoms with Crippen molar-refractivity contribution in [3.8, 4) is 0 Å². The maximum Gasteiger partial charge on any atom is 0.214 e. The highest BCUT2D eigenvalue weighted by molar-refractivity contribution is 9.09. The van der Waals surface area contributed by atoms with Gasteiger partial charge in [-0.1, -0.05) is 22.9 Å². The Balaban J connectivity index is 2.55. The average Bonchev–Trinajstić information content (AvgIpc) is 2.52. The fourth-order valence-corrected chi connectivity index (χ4v) is 3.69. The van der Waals surface area contributed by atoms with E-state index in [2.05, 4.69) is 15.9 Å². The van der Waals surface area contributed by atoms with Crippen LogP contribution in [0.2, 0.25) is 0 Å². The van der Waals surface area contributed by atoms with E-state index in [9.17, 15) is 8.42 Å². The molecule has 1 aliphatic rings. The van der Waals surface area contributed by atoms with E-state index in [-0.39, 0.29) is 0 Å². The second-order valence-electron chi connectivity index (χ2n) is 3.48. The minimum atomic E-state index is -2.94. The van der Waals surface area contributed by atoms with E-state index < -0.39 is 10.0 Å². The molecule has 0 aliphatic carbocycles. The molecule has 0 spiro atoms. The molecule has 1 fully saturated rings. The Kier molecular flexibility index (Phi) is 4.19. The zero-order valence-electron chi connectivity index (χ0n) is 7.87. The monoisotopic (exact) mass is 269 g/mol. The Morgan fingerprint density at radius 2 is 2.23 bits per heavy atom. The van der Waals surface area contributed by atoms with Gasteiger partial charge in [-0.05, 0) is 18.8 Å². The summed E-state index contributed by atoms with van der Waals surface area (Å²) in [5, 5.41) is 0.908. The second kappa shape index (κ2) is 4.75. The van der Waals surface area contributed by atoms with Crippen molar-refractivity contribution in [2.24, 2.45) is 5.92 Å². The molecule has 1 atom stereocenters. The molecule has 0 aromatic rings. The summed E-state index contributed by atoms with van der Waals surface area (Å²) in [5.41, 5.74) is 0. The minimum absolute atomic E-state index is 0.294. The van der Waals surface area contributed by atoms with E-state index in [1.54, 1.807) is 4.31 Å². The van der Waals surface area contributed by atoms with Crippen molar-refractivity contribution >= 4 is 26.0 Å². The number of alkyl halides is 1. The molecule has 0 saturated carbocycles. The van der Waals surface area contributed by atoms with Crippen molar-refractivity contribution in [2.45, 2.75) is 19.8 Å². The molecule has 1 rings (SSSR count). The van der Waals surface area contributed by atoms with Crippen LogP contribution in [0.25, 0.3) is 0 Å². The molecule has 0 amide bonds. The van der Waals surface area contributed by atoms with Crippen LogP contribution < -0.4 is 0 Å². The zero-order chi connectivity index (χ0) is 9.90. The van der Waals surface area contributed by atoms with Crippen molar-refractivity contribution in [1.29, 1.82) is 0 Å². The van der Waals surface area contributed by atoms with Gasteiger partial charge in [-0.25, -0.2) is 12.7 Å². The van der Waals surface area contributed by atoms with Crippen LogP contribution in [0.5, 0.6) is 0 Å². The molecule has 1 aliphatic heterocycles. The molecule has 1 heterocycles. The van der Waals surface area contributed by atoms with Gasteiger partial charge in [0, 0.05) is 18.4 Å². The van der Waals surface area contributed by atoms with Gasteiger partial charge in [-0.2, -0.15) is 0 Å². The summed E-state index contributed by atoms with van der Waals surface area (Å²) in [6.45, 7) is 3.31. The second-order valence-corrected chi connectivity index (χ2v) is 6.22. The highest BCUT2D eigenvalue weighted by Gasteiger charge is 2.29. The van der Waals surface area contributed by atoms with Crippen LogP contribution >= 0.6 is 15.9 Å². The van der Waals surface area contributed by atoms with Crippen LogP contribution in [-0.2, 0) is 10.0 Å². The molecule has 1 unspecified atom stereocenters. The van der Waals surface area contributed by atoms with Gasteiger partial charge in [0.25, 0.3) is 0 Å². The van der Waals surface area contributed by atoms with Gasteiger partial charge in [0.2, 0.25) is 10.0 Å². The fraction of sp³-hybridized carbons (Fsp3) is 1.00. The lowest BCUT2D eigenvalue weighted by molar-refractivity contribution is 0.465. The Bertz CT molecular complexity index is 253. The van der Waals surface area contributed by atoms with Gasteiger partial charge in [0.1, 0.15) is 0 Å².